The maximum Gasteiger partial charge on any atom is 0.0150 e. The van der Waals surface area contributed by atoms with Crippen molar-refractivity contribution >= 4 is 12.6 Å². The van der Waals surface area contributed by atoms with Crippen molar-refractivity contribution in [3.8, 4) is 0 Å². The van der Waals surface area contributed by atoms with Crippen LogP contribution in [-0.4, -0.2) is 5.75 Å². The SMILES string of the molecule is C/C=C\C(=C/CCC(CCC)CCC)CS.CC. The molecule has 0 aromatic heterocycles. The molecule has 0 aromatic carbocycles. The molecule has 0 aliphatic heterocycles. The van der Waals surface area contributed by atoms with E-state index < -0.39 is 0 Å². The maximum absolute atomic E-state index is 4.34. The highest BCUT2D eigenvalue weighted by molar-refractivity contribution is 7.80. The van der Waals surface area contributed by atoms with Gasteiger partial charge in [-0.2, -0.15) is 12.6 Å². The third-order valence-corrected chi connectivity index (χ3v) is 3.30. The van der Waals surface area contributed by atoms with Gasteiger partial charge in [-0.15, -0.1) is 0 Å². The zero-order valence-electron chi connectivity index (χ0n) is 13.2. The standard InChI is InChI=1S/C15H28S.C2H6/c1-4-8-14(9-5-2)11-7-12-15(13-16)10-6-3;1-2/h6,10,12,14,16H,4-5,7-9,11,13H2,1-3H3;1-2H3/b10-6-,15-12+;. The fourth-order valence-corrected chi connectivity index (χ4v) is 2.39. The molecule has 0 heterocycles. The summed E-state index contributed by atoms with van der Waals surface area (Å²) < 4.78 is 0. The Morgan fingerprint density at radius 2 is 1.61 bits per heavy atom. The smallest absolute Gasteiger partial charge is 0.0150 e. The minimum Gasteiger partial charge on any atom is -0.175 e. The average molecular weight is 271 g/mol. The number of rotatable bonds is 9. The molecular weight excluding hydrogens is 236 g/mol. The van der Waals surface area contributed by atoms with Gasteiger partial charge in [0.2, 0.25) is 0 Å². The lowest BCUT2D eigenvalue weighted by Gasteiger charge is -2.13. The zero-order valence-corrected chi connectivity index (χ0v) is 14.1. The summed E-state index contributed by atoms with van der Waals surface area (Å²) in [5, 5.41) is 0. The van der Waals surface area contributed by atoms with E-state index in [-0.39, 0.29) is 0 Å². The van der Waals surface area contributed by atoms with Gasteiger partial charge in [0.25, 0.3) is 0 Å². The van der Waals surface area contributed by atoms with Gasteiger partial charge in [0.1, 0.15) is 0 Å². The van der Waals surface area contributed by atoms with E-state index in [4.69, 9.17) is 0 Å². The van der Waals surface area contributed by atoms with Gasteiger partial charge in [0.15, 0.2) is 0 Å². The Balaban J connectivity index is 0. The van der Waals surface area contributed by atoms with Crippen molar-refractivity contribution in [1.29, 1.82) is 0 Å². The Kier molecular flexibility index (Phi) is 18.8. The monoisotopic (exact) mass is 270 g/mol. The van der Waals surface area contributed by atoms with Crippen LogP contribution in [0.3, 0.4) is 0 Å². The first-order valence-corrected chi connectivity index (χ1v) is 8.34. The Morgan fingerprint density at radius 3 is 2.00 bits per heavy atom. The molecule has 1 heteroatoms. The van der Waals surface area contributed by atoms with Crippen molar-refractivity contribution < 1.29 is 0 Å². The molecule has 0 nitrogen and oxygen atoms in total. The summed E-state index contributed by atoms with van der Waals surface area (Å²) in [6.07, 6.45) is 14.6. The van der Waals surface area contributed by atoms with Crippen molar-refractivity contribution in [2.75, 3.05) is 5.75 Å². The van der Waals surface area contributed by atoms with E-state index in [0.717, 1.165) is 11.7 Å². The van der Waals surface area contributed by atoms with Gasteiger partial charge >= 0.3 is 0 Å². The van der Waals surface area contributed by atoms with Crippen molar-refractivity contribution in [2.45, 2.75) is 73.1 Å². The molecule has 0 fully saturated rings. The second kappa shape index (κ2) is 16.8. The van der Waals surface area contributed by atoms with Gasteiger partial charge in [-0.05, 0) is 31.3 Å². The Hall–Kier alpha value is -0.170. The van der Waals surface area contributed by atoms with E-state index in [0.29, 0.717) is 0 Å². The van der Waals surface area contributed by atoms with Gasteiger partial charge in [-0.25, -0.2) is 0 Å². The summed E-state index contributed by atoms with van der Waals surface area (Å²) in [6, 6.07) is 0. The Bertz CT molecular complexity index is 198. The summed E-state index contributed by atoms with van der Waals surface area (Å²) in [5.74, 6) is 1.79. The van der Waals surface area contributed by atoms with E-state index in [1.54, 1.807) is 0 Å². The molecule has 0 radical (unpaired) electrons. The summed E-state index contributed by atoms with van der Waals surface area (Å²) >= 11 is 4.34. The van der Waals surface area contributed by atoms with Gasteiger partial charge in [-0.3, -0.25) is 0 Å². The van der Waals surface area contributed by atoms with Gasteiger partial charge in [0, 0.05) is 5.75 Å². The topological polar surface area (TPSA) is 0 Å². The molecule has 0 spiro atoms. The van der Waals surface area contributed by atoms with Crippen LogP contribution in [0.4, 0.5) is 0 Å². The van der Waals surface area contributed by atoms with Crippen LogP contribution in [-0.2, 0) is 0 Å². The summed E-state index contributed by atoms with van der Waals surface area (Å²) in [7, 11) is 0. The van der Waals surface area contributed by atoms with Crippen molar-refractivity contribution in [3.63, 3.8) is 0 Å². The first-order valence-electron chi connectivity index (χ1n) is 7.71. The predicted octanol–water partition coefficient (Wildman–Crippen LogP) is 6.44. The van der Waals surface area contributed by atoms with Crippen LogP contribution in [0.2, 0.25) is 0 Å². The maximum atomic E-state index is 4.34. The molecule has 0 rings (SSSR count). The lowest BCUT2D eigenvalue weighted by Crippen LogP contribution is -1.99. The van der Waals surface area contributed by atoms with E-state index in [1.165, 1.54) is 44.1 Å². The van der Waals surface area contributed by atoms with Crippen molar-refractivity contribution in [3.05, 3.63) is 23.8 Å². The predicted molar refractivity (Wildman–Crippen MR) is 90.6 cm³/mol. The van der Waals surface area contributed by atoms with Gasteiger partial charge in [0.05, 0.1) is 0 Å². The summed E-state index contributed by atoms with van der Waals surface area (Å²) in [6.45, 7) is 10.6. The molecule has 0 aliphatic carbocycles. The third-order valence-electron chi connectivity index (χ3n) is 2.94. The van der Waals surface area contributed by atoms with Crippen LogP contribution in [0, 0.1) is 5.92 Å². The lowest BCUT2D eigenvalue weighted by atomic mass is 9.93. The van der Waals surface area contributed by atoms with E-state index >= 15 is 0 Å². The zero-order chi connectivity index (χ0) is 14.2. The molecular formula is C17H34S. The normalized spacial score (nSPS) is 11.8. The van der Waals surface area contributed by atoms with Crippen LogP contribution in [0.5, 0.6) is 0 Å². The Labute approximate surface area is 121 Å². The second-order valence-corrected chi connectivity index (χ2v) is 4.77. The second-order valence-electron chi connectivity index (χ2n) is 4.46. The Morgan fingerprint density at radius 1 is 1.06 bits per heavy atom. The molecule has 0 aliphatic rings. The van der Waals surface area contributed by atoms with Crippen LogP contribution in [0.15, 0.2) is 23.8 Å². The average Bonchev–Trinajstić information content (AvgIpc) is 2.40. The highest BCUT2D eigenvalue weighted by Crippen LogP contribution is 2.20. The summed E-state index contributed by atoms with van der Waals surface area (Å²) in [4.78, 5) is 0. The molecule has 0 N–H and O–H groups in total. The van der Waals surface area contributed by atoms with E-state index in [2.05, 4.69) is 51.6 Å². The largest absolute Gasteiger partial charge is 0.175 e. The molecule has 108 valence electrons. The lowest BCUT2D eigenvalue weighted by molar-refractivity contribution is 0.414. The first-order chi connectivity index (χ1) is 8.78. The molecule has 0 bridgehead atoms. The van der Waals surface area contributed by atoms with Gasteiger partial charge < -0.3 is 0 Å². The van der Waals surface area contributed by atoms with Crippen LogP contribution in [0.25, 0.3) is 0 Å². The minimum absolute atomic E-state index is 0.858. The first kappa shape index (κ1) is 20.2. The van der Waals surface area contributed by atoms with E-state index in [9.17, 15) is 0 Å². The highest BCUT2D eigenvalue weighted by Gasteiger charge is 2.05. The quantitative estimate of drug-likeness (QED) is 0.361. The molecule has 0 atom stereocenters. The molecule has 0 saturated carbocycles. The molecule has 0 amide bonds. The highest BCUT2D eigenvalue weighted by atomic mass is 32.1. The fraction of sp³-hybridized carbons (Fsp3) is 0.765. The molecule has 0 aromatic rings. The van der Waals surface area contributed by atoms with Crippen LogP contribution < -0.4 is 0 Å². The molecule has 18 heavy (non-hydrogen) atoms. The number of allylic oxidation sites excluding steroid dienone is 3. The van der Waals surface area contributed by atoms with Gasteiger partial charge in [-0.1, -0.05) is 71.6 Å². The van der Waals surface area contributed by atoms with Crippen molar-refractivity contribution in [1.82, 2.24) is 0 Å². The summed E-state index contributed by atoms with van der Waals surface area (Å²) in [5.41, 5.74) is 1.36. The molecule has 0 saturated heterocycles. The third kappa shape index (κ3) is 12.3. The molecule has 0 unspecified atom stereocenters. The number of hydrogen-bond donors (Lipinski definition) is 1. The van der Waals surface area contributed by atoms with Crippen molar-refractivity contribution in [2.24, 2.45) is 5.92 Å². The van der Waals surface area contributed by atoms with Crippen LogP contribution in [0.1, 0.15) is 73.1 Å². The number of hydrogen-bond acceptors (Lipinski definition) is 1. The van der Waals surface area contributed by atoms with Crippen LogP contribution >= 0.6 is 12.6 Å². The fourth-order valence-electron chi connectivity index (χ4n) is 2.15. The van der Waals surface area contributed by atoms with E-state index in [1.807, 2.05) is 13.8 Å². The number of thiol groups is 1. The minimum atomic E-state index is 0.858.